The van der Waals surface area contributed by atoms with Crippen LogP contribution < -0.4 is 5.56 Å². The molecule has 0 bridgehead atoms. The number of fused-ring (bicyclic) bond motifs is 1. The van der Waals surface area contributed by atoms with Crippen LogP contribution in [0.4, 0.5) is 4.39 Å². The quantitative estimate of drug-likeness (QED) is 0.771. The first-order valence-corrected chi connectivity index (χ1v) is 4.81. The van der Waals surface area contributed by atoms with E-state index in [-0.39, 0.29) is 12.1 Å². The van der Waals surface area contributed by atoms with Crippen molar-refractivity contribution in [3.05, 3.63) is 58.9 Å². The van der Waals surface area contributed by atoms with E-state index in [0.29, 0.717) is 11.8 Å². The molecule has 1 aromatic heterocycles. The third kappa shape index (κ3) is 2.11. The summed E-state index contributed by atoms with van der Waals surface area (Å²) in [6, 6.07) is 7.21. The molecule has 0 N–H and O–H groups in total. The highest BCUT2D eigenvalue weighted by Gasteiger charge is 2.00. The predicted octanol–water partition coefficient (Wildman–Crippen LogP) is 2.02. The van der Waals surface area contributed by atoms with Crippen LogP contribution in [0.25, 0.3) is 10.9 Å². The molecule has 0 radical (unpaired) electrons. The monoisotopic (exact) mass is 216 g/mol. The summed E-state index contributed by atoms with van der Waals surface area (Å²) in [5.74, 6) is 0. The van der Waals surface area contributed by atoms with Gasteiger partial charge in [0.25, 0.3) is 5.56 Å². The van der Waals surface area contributed by atoms with Gasteiger partial charge in [0.15, 0.2) is 0 Å². The SMILES string of the molecule is O=c1nc2ccccc2cnc1CC=CF. The molecule has 0 saturated heterocycles. The van der Waals surface area contributed by atoms with Crippen LogP contribution in [0.2, 0.25) is 0 Å². The van der Waals surface area contributed by atoms with E-state index in [1.165, 1.54) is 6.08 Å². The number of hydrogen-bond acceptors (Lipinski definition) is 3. The molecule has 1 aromatic carbocycles. The number of hydrogen-bond donors (Lipinski definition) is 0. The molecule has 80 valence electrons. The largest absolute Gasteiger partial charge is 0.292 e. The molecule has 2 rings (SSSR count). The number of benzene rings is 1. The standard InChI is InChI=1S/C12H9FN2O/c13-7-3-6-11-12(16)15-10-5-2-1-4-9(10)8-14-11/h1-5,7-8H,6H2. The van der Waals surface area contributed by atoms with Crippen molar-refractivity contribution >= 4 is 10.9 Å². The first kappa shape index (κ1) is 10.4. The van der Waals surface area contributed by atoms with Crippen molar-refractivity contribution < 1.29 is 4.39 Å². The van der Waals surface area contributed by atoms with Gasteiger partial charge in [-0.1, -0.05) is 18.2 Å². The highest BCUT2D eigenvalue weighted by Crippen LogP contribution is 2.06. The van der Waals surface area contributed by atoms with E-state index in [1.54, 1.807) is 18.3 Å². The van der Waals surface area contributed by atoms with Crippen molar-refractivity contribution in [3.8, 4) is 0 Å². The zero-order chi connectivity index (χ0) is 11.4. The van der Waals surface area contributed by atoms with Gasteiger partial charge in [-0.15, -0.1) is 0 Å². The van der Waals surface area contributed by atoms with Crippen LogP contribution in [-0.2, 0) is 6.42 Å². The second-order valence-electron chi connectivity index (χ2n) is 3.25. The van der Waals surface area contributed by atoms with Crippen LogP contribution in [0, 0.1) is 0 Å². The molecule has 0 saturated carbocycles. The van der Waals surface area contributed by atoms with Crippen LogP contribution in [0.1, 0.15) is 5.69 Å². The van der Waals surface area contributed by atoms with Gasteiger partial charge in [-0.3, -0.25) is 9.78 Å². The lowest BCUT2D eigenvalue weighted by Gasteiger charge is -1.85. The normalized spacial score (nSPS) is 11.1. The van der Waals surface area contributed by atoms with Gasteiger partial charge < -0.3 is 0 Å². The van der Waals surface area contributed by atoms with E-state index in [9.17, 15) is 9.18 Å². The summed E-state index contributed by atoms with van der Waals surface area (Å²) in [5, 5.41) is 0.787. The number of allylic oxidation sites excluding steroid dienone is 1. The molecule has 3 nitrogen and oxygen atoms in total. The Morgan fingerprint density at radius 2 is 2.12 bits per heavy atom. The fourth-order valence-corrected chi connectivity index (χ4v) is 1.37. The first-order valence-electron chi connectivity index (χ1n) is 4.81. The smallest absolute Gasteiger partial charge is 0.265 e. The third-order valence-electron chi connectivity index (χ3n) is 2.17. The van der Waals surface area contributed by atoms with E-state index >= 15 is 0 Å². The van der Waals surface area contributed by atoms with Crippen LogP contribution >= 0.6 is 0 Å². The average molecular weight is 216 g/mol. The van der Waals surface area contributed by atoms with Crippen molar-refractivity contribution in [2.75, 3.05) is 0 Å². The molecule has 0 atom stereocenters. The van der Waals surface area contributed by atoms with Gasteiger partial charge in [-0.25, -0.2) is 9.37 Å². The Morgan fingerprint density at radius 1 is 1.31 bits per heavy atom. The van der Waals surface area contributed by atoms with Gasteiger partial charge >= 0.3 is 0 Å². The second-order valence-corrected chi connectivity index (χ2v) is 3.25. The minimum atomic E-state index is -0.417. The molecule has 0 aliphatic heterocycles. The maximum atomic E-state index is 11.9. The molecule has 4 heteroatoms. The number of halogens is 1. The van der Waals surface area contributed by atoms with E-state index in [1.807, 2.05) is 12.1 Å². The van der Waals surface area contributed by atoms with E-state index in [2.05, 4.69) is 9.97 Å². The Labute approximate surface area is 91.3 Å². The van der Waals surface area contributed by atoms with Crippen LogP contribution in [0.3, 0.4) is 0 Å². The summed E-state index contributed by atoms with van der Waals surface area (Å²) in [7, 11) is 0. The van der Waals surface area contributed by atoms with Crippen LogP contribution in [0.15, 0.2) is 47.7 Å². The summed E-state index contributed by atoms with van der Waals surface area (Å²) in [6.45, 7) is 0. The van der Waals surface area contributed by atoms with Gasteiger partial charge in [0.2, 0.25) is 0 Å². The molecule has 0 fully saturated rings. The fourth-order valence-electron chi connectivity index (χ4n) is 1.37. The predicted molar refractivity (Wildman–Crippen MR) is 59.8 cm³/mol. The average Bonchev–Trinajstić information content (AvgIpc) is 2.45. The lowest BCUT2D eigenvalue weighted by atomic mass is 10.2. The highest BCUT2D eigenvalue weighted by atomic mass is 19.1. The lowest BCUT2D eigenvalue weighted by molar-refractivity contribution is 0.715. The molecule has 16 heavy (non-hydrogen) atoms. The third-order valence-corrected chi connectivity index (χ3v) is 2.17. The van der Waals surface area contributed by atoms with Gasteiger partial charge in [0.05, 0.1) is 11.8 Å². The van der Waals surface area contributed by atoms with Gasteiger partial charge in [0.1, 0.15) is 5.69 Å². The van der Waals surface area contributed by atoms with Crippen molar-refractivity contribution in [2.45, 2.75) is 6.42 Å². The Kier molecular flexibility index (Phi) is 3.00. The summed E-state index contributed by atoms with van der Waals surface area (Å²) < 4.78 is 11.9. The van der Waals surface area contributed by atoms with Crippen molar-refractivity contribution in [1.29, 1.82) is 0 Å². The minimum Gasteiger partial charge on any atom is -0.265 e. The van der Waals surface area contributed by atoms with Gasteiger partial charge in [0, 0.05) is 18.0 Å². The lowest BCUT2D eigenvalue weighted by Crippen LogP contribution is -2.09. The molecular formula is C12H9FN2O. The second kappa shape index (κ2) is 4.61. The minimum absolute atomic E-state index is 0.156. The van der Waals surface area contributed by atoms with E-state index in [0.717, 1.165) is 5.39 Å². The first-order chi connectivity index (χ1) is 7.81. The van der Waals surface area contributed by atoms with Crippen molar-refractivity contribution in [1.82, 2.24) is 9.97 Å². The zero-order valence-corrected chi connectivity index (χ0v) is 8.43. The molecule has 0 spiro atoms. The summed E-state index contributed by atoms with van der Waals surface area (Å²) in [5.41, 5.74) is 0.417. The Morgan fingerprint density at radius 3 is 2.94 bits per heavy atom. The molecule has 0 aliphatic rings. The maximum absolute atomic E-state index is 11.9. The summed E-state index contributed by atoms with van der Waals surface area (Å²) in [4.78, 5) is 19.5. The topological polar surface area (TPSA) is 42.9 Å². The maximum Gasteiger partial charge on any atom is 0.292 e. The van der Waals surface area contributed by atoms with Gasteiger partial charge in [-0.2, -0.15) is 0 Å². The number of para-hydroxylation sites is 1. The molecular weight excluding hydrogens is 207 g/mol. The van der Waals surface area contributed by atoms with Crippen molar-refractivity contribution in [3.63, 3.8) is 0 Å². The zero-order valence-electron chi connectivity index (χ0n) is 8.43. The number of nitrogens with zero attached hydrogens (tertiary/aromatic N) is 2. The summed E-state index contributed by atoms with van der Waals surface area (Å²) >= 11 is 0. The fraction of sp³-hybridized carbons (Fsp3) is 0.0833. The summed E-state index contributed by atoms with van der Waals surface area (Å²) in [6.07, 6.45) is 3.36. The Balaban J connectivity index is 2.63. The molecule has 0 unspecified atom stereocenters. The Hall–Kier alpha value is -2.10. The molecule has 2 aromatic rings. The van der Waals surface area contributed by atoms with Gasteiger partial charge in [-0.05, 0) is 12.1 Å². The van der Waals surface area contributed by atoms with E-state index < -0.39 is 5.56 Å². The number of rotatable bonds is 2. The number of aromatic nitrogens is 2. The van der Waals surface area contributed by atoms with E-state index in [4.69, 9.17) is 0 Å². The van der Waals surface area contributed by atoms with Crippen LogP contribution in [0.5, 0.6) is 0 Å². The van der Waals surface area contributed by atoms with Crippen molar-refractivity contribution in [2.24, 2.45) is 0 Å². The van der Waals surface area contributed by atoms with Crippen LogP contribution in [-0.4, -0.2) is 9.97 Å². The molecule has 1 heterocycles. The highest BCUT2D eigenvalue weighted by molar-refractivity contribution is 5.76. The molecule has 0 amide bonds. The Bertz CT molecular complexity index is 596. The molecule has 0 aliphatic carbocycles.